The Hall–Kier alpha value is -2.24. The van der Waals surface area contributed by atoms with Crippen molar-refractivity contribution in [2.75, 3.05) is 25.1 Å². The van der Waals surface area contributed by atoms with Gasteiger partial charge in [-0.05, 0) is 37.3 Å². The quantitative estimate of drug-likeness (QED) is 0.796. The SMILES string of the molecule is COc1cccc(N2CCN(C(=O)c3ccc(Cl)cc3Cl)C(C)C2=O)c1. The molecule has 2 aromatic rings. The molecular weight excluding hydrogens is 375 g/mol. The van der Waals surface area contributed by atoms with Crippen molar-refractivity contribution in [2.45, 2.75) is 13.0 Å². The lowest BCUT2D eigenvalue weighted by molar-refractivity contribution is -0.124. The minimum atomic E-state index is -0.603. The maximum atomic E-state index is 12.8. The number of carbonyl (C=O) groups is 2. The summed E-state index contributed by atoms with van der Waals surface area (Å²) in [6, 6.07) is 11.4. The molecule has 1 unspecified atom stereocenters. The molecule has 1 fully saturated rings. The molecule has 5 nitrogen and oxygen atoms in total. The summed E-state index contributed by atoms with van der Waals surface area (Å²) in [7, 11) is 1.58. The third kappa shape index (κ3) is 3.50. The van der Waals surface area contributed by atoms with E-state index in [9.17, 15) is 9.59 Å². The number of hydrogen-bond donors (Lipinski definition) is 0. The fraction of sp³-hybridized carbons (Fsp3) is 0.263. The first-order valence-corrected chi connectivity index (χ1v) is 8.89. The molecule has 0 aliphatic carbocycles. The van der Waals surface area contributed by atoms with Crippen LogP contribution in [0.5, 0.6) is 5.75 Å². The van der Waals surface area contributed by atoms with Gasteiger partial charge in [0.25, 0.3) is 5.91 Å². The molecule has 1 heterocycles. The van der Waals surface area contributed by atoms with E-state index in [2.05, 4.69) is 0 Å². The van der Waals surface area contributed by atoms with Crippen LogP contribution < -0.4 is 9.64 Å². The van der Waals surface area contributed by atoms with Gasteiger partial charge in [-0.2, -0.15) is 0 Å². The Kier molecular flexibility index (Phi) is 5.39. The van der Waals surface area contributed by atoms with E-state index in [4.69, 9.17) is 27.9 Å². The predicted octanol–water partition coefficient (Wildman–Crippen LogP) is 3.88. The summed E-state index contributed by atoms with van der Waals surface area (Å²) in [4.78, 5) is 28.9. The highest BCUT2D eigenvalue weighted by molar-refractivity contribution is 6.36. The summed E-state index contributed by atoms with van der Waals surface area (Å²) in [6.07, 6.45) is 0. The number of methoxy groups -OCH3 is 1. The van der Waals surface area contributed by atoms with E-state index in [1.165, 1.54) is 11.0 Å². The van der Waals surface area contributed by atoms with E-state index < -0.39 is 6.04 Å². The number of carbonyl (C=O) groups excluding carboxylic acids is 2. The molecule has 0 aromatic heterocycles. The van der Waals surface area contributed by atoms with Crippen LogP contribution in [0.15, 0.2) is 42.5 Å². The molecule has 0 bridgehead atoms. The fourth-order valence-corrected chi connectivity index (χ4v) is 3.49. The van der Waals surface area contributed by atoms with Crippen molar-refractivity contribution in [1.82, 2.24) is 4.90 Å². The smallest absolute Gasteiger partial charge is 0.256 e. The molecule has 2 aromatic carbocycles. The van der Waals surface area contributed by atoms with E-state index >= 15 is 0 Å². The molecule has 1 saturated heterocycles. The first-order valence-electron chi connectivity index (χ1n) is 8.14. The van der Waals surface area contributed by atoms with Gasteiger partial charge in [0.2, 0.25) is 5.91 Å². The summed E-state index contributed by atoms with van der Waals surface area (Å²) in [5.41, 5.74) is 1.09. The van der Waals surface area contributed by atoms with Crippen LogP contribution in [0.25, 0.3) is 0 Å². The van der Waals surface area contributed by atoms with Gasteiger partial charge < -0.3 is 14.5 Å². The van der Waals surface area contributed by atoms with Crippen molar-refractivity contribution < 1.29 is 14.3 Å². The Balaban J connectivity index is 1.82. The number of nitrogens with zero attached hydrogens (tertiary/aromatic N) is 2. The monoisotopic (exact) mass is 392 g/mol. The lowest BCUT2D eigenvalue weighted by Gasteiger charge is -2.39. The van der Waals surface area contributed by atoms with Gasteiger partial charge in [0, 0.05) is 29.9 Å². The Morgan fingerprint density at radius 3 is 2.62 bits per heavy atom. The van der Waals surface area contributed by atoms with Crippen LogP contribution in [0.4, 0.5) is 5.69 Å². The Morgan fingerprint density at radius 2 is 1.92 bits per heavy atom. The third-order valence-corrected chi connectivity index (χ3v) is 4.99. The number of halogens is 2. The van der Waals surface area contributed by atoms with Crippen LogP contribution >= 0.6 is 23.2 Å². The van der Waals surface area contributed by atoms with Gasteiger partial charge in [0.05, 0.1) is 17.7 Å². The first-order chi connectivity index (χ1) is 12.4. The molecule has 1 aliphatic rings. The molecule has 136 valence electrons. The van der Waals surface area contributed by atoms with E-state index in [1.807, 2.05) is 18.2 Å². The standard InChI is InChI=1S/C19H18Cl2N2O3/c1-12-18(24)23(14-4-3-5-15(11-14)26-2)9-8-22(12)19(25)16-7-6-13(20)10-17(16)21/h3-7,10-12H,8-9H2,1-2H3. The highest BCUT2D eigenvalue weighted by Gasteiger charge is 2.36. The van der Waals surface area contributed by atoms with Gasteiger partial charge in [-0.1, -0.05) is 29.3 Å². The van der Waals surface area contributed by atoms with Crippen molar-refractivity contribution in [3.8, 4) is 5.75 Å². The molecule has 0 saturated carbocycles. The second-order valence-electron chi connectivity index (χ2n) is 5.99. The second kappa shape index (κ2) is 7.56. The zero-order valence-electron chi connectivity index (χ0n) is 14.4. The topological polar surface area (TPSA) is 49.9 Å². The zero-order chi connectivity index (χ0) is 18.8. The predicted molar refractivity (Wildman–Crippen MR) is 102 cm³/mol. The van der Waals surface area contributed by atoms with Gasteiger partial charge in [-0.25, -0.2) is 0 Å². The molecule has 26 heavy (non-hydrogen) atoms. The van der Waals surface area contributed by atoms with Crippen molar-refractivity contribution in [1.29, 1.82) is 0 Å². The van der Waals surface area contributed by atoms with Crippen molar-refractivity contribution >= 4 is 40.7 Å². The number of hydrogen-bond acceptors (Lipinski definition) is 3. The highest BCUT2D eigenvalue weighted by atomic mass is 35.5. The Bertz CT molecular complexity index is 856. The number of piperazine rings is 1. The average molecular weight is 393 g/mol. The fourth-order valence-electron chi connectivity index (χ4n) is 3.00. The van der Waals surface area contributed by atoms with E-state index in [0.29, 0.717) is 29.4 Å². The van der Waals surface area contributed by atoms with Crippen LogP contribution in [0.2, 0.25) is 10.0 Å². The lowest BCUT2D eigenvalue weighted by Crippen LogP contribution is -2.57. The molecule has 7 heteroatoms. The van der Waals surface area contributed by atoms with Gasteiger partial charge in [0.15, 0.2) is 0 Å². The molecule has 0 spiro atoms. The Labute approximate surface area is 162 Å². The number of benzene rings is 2. The number of ether oxygens (including phenoxy) is 1. The molecule has 3 rings (SSSR count). The maximum absolute atomic E-state index is 12.8. The maximum Gasteiger partial charge on any atom is 0.256 e. The summed E-state index contributed by atoms with van der Waals surface area (Å²) in [6.45, 7) is 2.52. The zero-order valence-corrected chi connectivity index (χ0v) is 15.9. The molecule has 1 atom stereocenters. The van der Waals surface area contributed by atoms with Crippen LogP contribution in [-0.2, 0) is 4.79 Å². The summed E-state index contributed by atoms with van der Waals surface area (Å²) < 4.78 is 5.22. The van der Waals surface area contributed by atoms with Gasteiger partial charge in [0.1, 0.15) is 11.8 Å². The van der Waals surface area contributed by atoms with Gasteiger partial charge in [-0.3, -0.25) is 9.59 Å². The summed E-state index contributed by atoms with van der Waals surface area (Å²) >= 11 is 12.0. The highest BCUT2D eigenvalue weighted by Crippen LogP contribution is 2.27. The van der Waals surface area contributed by atoms with Crippen LogP contribution in [0.1, 0.15) is 17.3 Å². The molecule has 0 N–H and O–H groups in total. The van der Waals surface area contributed by atoms with Crippen molar-refractivity contribution in [3.63, 3.8) is 0 Å². The second-order valence-corrected chi connectivity index (χ2v) is 6.83. The molecule has 1 aliphatic heterocycles. The lowest BCUT2D eigenvalue weighted by atomic mass is 10.1. The summed E-state index contributed by atoms with van der Waals surface area (Å²) in [5, 5.41) is 0.732. The average Bonchev–Trinajstić information content (AvgIpc) is 2.63. The third-order valence-electron chi connectivity index (χ3n) is 4.44. The first kappa shape index (κ1) is 18.5. The minimum absolute atomic E-state index is 0.150. The largest absolute Gasteiger partial charge is 0.497 e. The van der Waals surface area contributed by atoms with Crippen molar-refractivity contribution in [2.24, 2.45) is 0 Å². The molecule has 0 radical (unpaired) electrons. The number of rotatable bonds is 3. The Morgan fingerprint density at radius 1 is 1.15 bits per heavy atom. The van der Waals surface area contributed by atoms with E-state index in [0.717, 1.165) is 5.69 Å². The number of amides is 2. The van der Waals surface area contributed by atoms with Crippen LogP contribution in [0, 0.1) is 0 Å². The molecular formula is C19H18Cl2N2O3. The van der Waals surface area contributed by atoms with Gasteiger partial charge in [-0.15, -0.1) is 0 Å². The minimum Gasteiger partial charge on any atom is -0.497 e. The van der Waals surface area contributed by atoms with E-state index in [-0.39, 0.29) is 16.8 Å². The van der Waals surface area contributed by atoms with E-state index in [1.54, 1.807) is 37.1 Å². The summed E-state index contributed by atoms with van der Waals surface area (Å²) in [5.74, 6) is 0.246. The number of anilines is 1. The van der Waals surface area contributed by atoms with Gasteiger partial charge >= 0.3 is 0 Å². The van der Waals surface area contributed by atoms with Crippen LogP contribution in [0.3, 0.4) is 0 Å². The molecule has 2 amide bonds. The van der Waals surface area contributed by atoms with Crippen LogP contribution in [-0.4, -0.2) is 43.0 Å². The van der Waals surface area contributed by atoms with Crippen molar-refractivity contribution in [3.05, 3.63) is 58.1 Å². The normalized spacial score (nSPS) is 17.4.